The largest absolute Gasteiger partial charge is 0.345 e. The average molecular weight is 305 g/mol. The third kappa shape index (κ3) is 2.34. The van der Waals surface area contributed by atoms with E-state index < -0.39 is 0 Å². The summed E-state index contributed by atoms with van der Waals surface area (Å²) in [6.07, 6.45) is 9.77. The van der Waals surface area contributed by atoms with Gasteiger partial charge in [-0.1, -0.05) is 18.2 Å². The molecule has 0 N–H and O–H groups in total. The molecule has 3 heterocycles. The topological polar surface area (TPSA) is 40.6 Å². The van der Waals surface area contributed by atoms with Crippen LogP contribution >= 0.6 is 0 Å². The molecule has 5 nitrogen and oxygen atoms in total. The van der Waals surface area contributed by atoms with Crippen molar-refractivity contribution < 1.29 is 0 Å². The van der Waals surface area contributed by atoms with Gasteiger partial charge in [-0.2, -0.15) is 0 Å². The summed E-state index contributed by atoms with van der Waals surface area (Å²) in [4.78, 5) is 8.92. The van der Waals surface area contributed by atoms with Crippen LogP contribution < -0.4 is 0 Å². The second-order valence-electron chi connectivity index (χ2n) is 5.90. The lowest BCUT2D eigenvalue weighted by Gasteiger charge is -2.18. The molecule has 1 atom stereocenters. The summed E-state index contributed by atoms with van der Waals surface area (Å²) in [6.45, 7) is 3.10. The van der Waals surface area contributed by atoms with Crippen molar-refractivity contribution in [1.82, 2.24) is 23.7 Å². The number of aromatic nitrogens is 5. The van der Waals surface area contributed by atoms with E-state index in [1.165, 1.54) is 10.9 Å². The molecular weight excluding hydrogens is 286 g/mol. The zero-order chi connectivity index (χ0) is 15.8. The predicted molar refractivity (Wildman–Crippen MR) is 91.1 cm³/mol. The summed E-state index contributed by atoms with van der Waals surface area (Å²) < 4.78 is 6.48. The zero-order valence-electron chi connectivity index (χ0n) is 13.3. The van der Waals surface area contributed by atoms with E-state index in [-0.39, 0.29) is 6.04 Å². The van der Waals surface area contributed by atoms with Crippen LogP contribution in [0.1, 0.15) is 13.0 Å². The molecule has 0 saturated heterocycles. The third-order valence-corrected chi connectivity index (χ3v) is 4.31. The Bertz CT molecular complexity index is 943. The minimum Gasteiger partial charge on any atom is -0.345 e. The molecule has 4 aromatic rings. The van der Waals surface area contributed by atoms with Crippen LogP contribution in [0.5, 0.6) is 0 Å². The van der Waals surface area contributed by atoms with Gasteiger partial charge < -0.3 is 13.7 Å². The number of nitrogens with zero attached hydrogens (tertiary/aromatic N) is 5. The summed E-state index contributed by atoms with van der Waals surface area (Å²) in [5.74, 6) is 1.79. The van der Waals surface area contributed by atoms with E-state index in [2.05, 4.69) is 62.6 Å². The van der Waals surface area contributed by atoms with Gasteiger partial charge in [0.2, 0.25) is 0 Å². The van der Waals surface area contributed by atoms with Crippen molar-refractivity contribution in [1.29, 1.82) is 0 Å². The van der Waals surface area contributed by atoms with Gasteiger partial charge in [0.05, 0.1) is 6.04 Å². The summed E-state index contributed by atoms with van der Waals surface area (Å²) in [5, 5.41) is 1.27. The highest BCUT2D eigenvalue weighted by atomic mass is 15.2. The predicted octanol–water partition coefficient (Wildman–Crippen LogP) is 3.50. The molecule has 1 aromatic carbocycles. The van der Waals surface area contributed by atoms with Crippen LogP contribution in [0.15, 0.2) is 61.3 Å². The van der Waals surface area contributed by atoms with Crippen molar-refractivity contribution in [3.63, 3.8) is 0 Å². The smallest absolute Gasteiger partial charge is 0.176 e. The van der Waals surface area contributed by atoms with Gasteiger partial charge in [-0.25, -0.2) is 9.97 Å². The van der Waals surface area contributed by atoms with E-state index in [9.17, 15) is 0 Å². The highest BCUT2D eigenvalue weighted by Gasteiger charge is 2.15. The van der Waals surface area contributed by atoms with Crippen molar-refractivity contribution in [2.75, 3.05) is 0 Å². The Labute approximate surface area is 134 Å². The Morgan fingerprint density at radius 1 is 0.957 bits per heavy atom. The fourth-order valence-electron chi connectivity index (χ4n) is 3.10. The fourth-order valence-corrected chi connectivity index (χ4v) is 3.10. The molecule has 0 spiro atoms. The summed E-state index contributed by atoms with van der Waals surface area (Å²) in [5.41, 5.74) is 1.26. The maximum absolute atomic E-state index is 4.50. The van der Waals surface area contributed by atoms with Gasteiger partial charge in [0.1, 0.15) is 0 Å². The van der Waals surface area contributed by atoms with Gasteiger partial charge in [-0.05, 0) is 24.4 Å². The first-order valence-corrected chi connectivity index (χ1v) is 7.78. The van der Waals surface area contributed by atoms with Crippen LogP contribution in [-0.4, -0.2) is 23.7 Å². The van der Waals surface area contributed by atoms with E-state index in [0.717, 1.165) is 18.2 Å². The Balaban J connectivity index is 1.67. The zero-order valence-corrected chi connectivity index (χ0v) is 13.3. The molecule has 23 heavy (non-hydrogen) atoms. The number of hydrogen-bond acceptors (Lipinski definition) is 2. The molecule has 4 rings (SSSR count). The molecule has 0 aliphatic rings. The monoisotopic (exact) mass is 305 g/mol. The van der Waals surface area contributed by atoms with Crippen molar-refractivity contribution in [3.05, 3.63) is 61.3 Å². The van der Waals surface area contributed by atoms with Crippen LogP contribution in [0.2, 0.25) is 0 Å². The highest BCUT2D eigenvalue weighted by molar-refractivity contribution is 5.79. The molecule has 0 bridgehead atoms. The Morgan fingerprint density at radius 3 is 2.57 bits per heavy atom. The standard InChI is InChI=1S/C18H19N5/c1-14(13-22-10-7-15-5-3-4-6-16(15)22)23-12-9-20-18(23)17-19-8-11-21(17)2/h3-12,14H,13H2,1-2H3/t14-/m1/s1. The van der Waals surface area contributed by atoms with Gasteiger partial charge in [-0.3, -0.25) is 0 Å². The molecule has 0 saturated carbocycles. The van der Waals surface area contributed by atoms with Gasteiger partial charge in [0.25, 0.3) is 0 Å². The molecule has 0 fully saturated rings. The molecule has 0 aliphatic carbocycles. The minimum atomic E-state index is 0.278. The normalized spacial score (nSPS) is 12.8. The Morgan fingerprint density at radius 2 is 1.74 bits per heavy atom. The second-order valence-corrected chi connectivity index (χ2v) is 5.90. The molecule has 0 aliphatic heterocycles. The van der Waals surface area contributed by atoms with Crippen LogP contribution in [0.4, 0.5) is 0 Å². The number of benzene rings is 1. The lowest BCUT2D eigenvalue weighted by atomic mass is 10.2. The Kier molecular flexibility index (Phi) is 3.26. The number of fused-ring (bicyclic) bond motifs is 1. The van der Waals surface area contributed by atoms with Gasteiger partial charge in [0, 0.05) is 50.1 Å². The maximum atomic E-state index is 4.50. The minimum absolute atomic E-state index is 0.278. The lowest BCUT2D eigenvalue weighted by Crippen LogP contribution is -2.14. The molecule has 5 heteroatoms. The van der Waals surface area contributed by atoms with E-state index in [1.54, 1.807) is 6.20 Å². The van der Waals surface area contributed by atoms with Crippen molar-refractivity contribution in [3.8, 4) is 11.6 Å². The second kappa shape index (κ2) is 5.43. The van der Waals surface area contributed by atoms with E-state index in [0.29, 0.717) is 0 Å². The van der Waals surface area contributed by atoms with E-state index in [4.69, 9.17) is 0 Å². The average Bonchev–Trinajstić information content (AvgIpc) is 3.27. The number of aryl methyl sites for hydroxylation is 1. The number of imidazole rings is 2. The third-order valence-electron chi connectivity index (χ3n) is 4.31. The SMILES string of the molecule is C[C@H](Cn1ccc2ccccc21)n1ccnc1-c1nccn1C. The first-order valence-electron chi connectivity index (χ1n) is 7.78. The van der Waals surface area contributed by atoms with Gasteiger partial charge in [0.15, 0.2) is 11.6 Å². The van der Waals surface area contributed by atoms with Crippen molar-refractivity contribution >= 4 is 10.9 Å². The molecular formula is C18H19N5. The number of rotatable bonds is 4. The summed E-state index contributed by atoms with van der Waals surface area (Å²) in [7, 11) is 1.99. The molecule has 0 amide bonds. The van der Waals surface area contributed by atoms with Gasteiger partial charge in [-0.15, -0.1) is 0 Å². The molecule has 0 unspecified atom stereocenters. The highest BCUT2D eigenvalue weighted by Crippen LogP contribution is 2.22. The first kappa shape index (κ1) is 13.8. The molecule has 3 aromatic heterocycles. The van der Waals surface area contributed by atoms with Crippen LogP contribution in [-0.2, 0) is 13.6 Å². The molecule has 0 radical (unpaired) electrons. The van der Waals surface area contributed by atoms with Crippen LogP contribution in [0.3, 0.4) is 0 Å². The number of hydrogen-bond donors (Lipinski definition) is 0. The van der Waals surface area contributed by atoms with E-state index >= 15 is 0 Å². The van der Waals surface area contributed by atoms with Crippen molar-refractivity contribution in [2.45, 2.75) is 19.5 Å². The fraction of sp³-hybridized carbons (Fsp3) is 0.222. The van der Waals surface area contributed by atoms with Crippen molar-refractivity contribution in [2.24, 2.45) is 7.05 Å². The Hall–Kier alpha value is -2.82. The summed E-state index contributed by atoms with van der Waals surface area (Å²) >= 11 is 0. The van der Waals surface area contributed by atoms with Crippen LogP contribution in [0.25, 0.3) is 22.6 Å². The summed E-state index contributed by atoms with van der Waals surface area (Å²) in [6, 6.07) is 10.9. The van der Waals surface area contributed by atoms with E-state index in [1.807, 2.05) is 30.2 Å². The lowest BCUT2D eigenvalue weighted by molar-refractivity contribution is 0.474. The quantitative estimate of drug-likeness (QED) is 0.579. The molecule has 116 valence electrons. The maximum Gasteiger partial charge on any atom is 0.176 e. The van der Waals surface area contributed by atoms with Gasteiger partial charge >= 0.3 is 0 Å². The van der Waals surface area contributed by atoms with Crippen LogP contribution in [0, 0.1) is 0 Å². The first-order chi connectivity index (χ1) is 11.2. The number of para-hydroxylation sites is 1.